The van der Waals surface area contributed by atoms with E-state index in [0.29, 0.717) is 0 Å². The SMILES string of the molecule is O=C1O[C@@H]2C[C@@]1(O)C[C@@H](COP(=O)(O)O)[C@H]2O. The number of carbonyl (C=O) groups is 1. The van der Waals surface area contributed by atoms with Crippen LogP contribution in [0.15, 0.2) is 0 Å². The molecule has 4 atom stereocenters. The Bertz CT molecular complexity index is 378. The topological polar surface area (TPSA) is 134 Å². The van der Waals surface area contributed by atoms with Crippen molar-refractivity contribution in [3.8, 4) is 0 Å². The summed E-state index contributed by atoms with van der Waals surface area (Å²) in [5.74, 6) is -1.56. The lowest BCUT2D eigenvalue weighted by atomic mass is 9.77. The van der Waals surface area contributed by atoms with Gasteiger partial charge in [0.15, 0.2) is 5.60 Å². The molecule has 2 fully saturated rings. The zero-order valence-corrected chi connectivity index (χ0v) is 9.62. The molecule has 1 saturated carbocycles. The van der Waals surface area contributed by atoms with E-state index in [1.165, 1.54) is 0 Å². The van der Waals surface area contributed by atoms with E-state index in [1.807, 2.05) is 0 Å². The van der Waals surface area contributed by atoms with Gasteiger partial charge in [-0.15, -0.1) is 0 Å². The van der Waals surface area contributed by atoms with Crippen LogP contribution >= 0.6 is 7.82 Å². The minimum absolute atomic E-state index is 0.000585. The number of esters is 1. The van der Waals surface area contributed by atoms with Crippen LogP contribution in [0.3, 0.4) is 0 Å². The van der Waals surface area contributed by atoms with Crippen LogP contribution in [0.2, 0.25) is 0 Å². The number of rotatable bonds is 3. The monoisotopic (exact) mass is 268 g/mol. The van der Waals surface area contributed by atoms with E-state index >= 15 is 0 Å². The van der Waals surface area contributed by atoms with Gasteiger partial charge in [-0.25, -0.2) is 9.36 Å². The Kier molecular flexibility index (Phi) is 3.05. The third-order valence-electron chi connectivity index (χ3n) is 3.10. The summed E-state index contributed by atoms with van der Waals surface area (Å²) in [6.45, 7) is -0.444. The van der Waals surface area contributed by atoms with Gasteiger partial charge in [-0.05, 0) is 6.42 Å². The molecule has 1 aliphatic heterocycles. The largest absolute Gasteiger partial charge is 0.469 e. The van der Waals surface area contributed by atoms with Crippen LogP contribution in [0.4, 0.5) is 0 Å². The maximum absolute atomic E-state index is 11.3. The number of aliphatic hydroxyl groups excluding tert-OH is 1. The maximum Gasteiger partial charge on any atom is 0.469 e. The molecule has 2 rings (SSSR count). The first-order valence-corrected chi connectivity index (χ1v) is 6.56. The van der Waals surface area contributed by atoms with E-state index in [4.69, 9.17) is 14.5 Å². The summed E-state index contributed by atoms with van der Waals surface area (Å²) in [4.78, 5) is 28.4. The van der Waals surface area contributed by atoms with E-state index in [0.717, 1.165) is 0 Å². The Labute approximate surface area is 96.4 Å². The van der Waals surface area contributed by atoms with E-state index < -0.39 is 44.1 Å². The quantitative estimate of drug-likeness (QED) is 0.360. The molecule has 1 aliphatic carbocycles. The molecule has 0 spiro atoms. The normalized spacial score (nSPS) is 41.4. The molecule has 8 nitrogen and oxygen atoms in total. The van der Waals surface area contributed by atoms with E-state index in [1.54, 1.807) is 0 Å². The van der Waals surface area contributed by atoms with Crippen molar-refractivity contribution in [3.05, 3.63) is 0 Å². The Morgan fingerprint density at radius 2 is 2.12 bits per heavy atom. The molecule has 0 aromatic carbocycles. The van der Waals surface area contributed by atoms with Gasteiger partial charge in [-0.1, -0.05) is 0 Å². The first-order valence-electron chi connectivity index (χ1n) is 5.03. The zero-order chi connectivity index (χ0) is 12.8. The molecule has 9 heteroatoms. The first-order chi connectivity index (χ1) is 7.71. The average Bonchev–Trinajstić information content (AvgIpc) is 2.43. The van der Waals surface area contributed by atoms with E-state index in [9.17, 15) is 19.6 Å². The van der Waals surface area contributed by atoms with Crippen LogP contribution in [-0.2, 0) is 18.6 Å². The zero-order valence-electron chi connectivity index (χ0n) is 8.72. The first kappa shape index (κ1) is 12.9. The summed E-state index contributed by atoms with van der Waals surface area (Å²) in [5, 5.41) is 19.6. The van der Waals surface area contributed by atoms with Gasteiger partial charge in [0, 0.05) is 12.3 Å². The molecule has 4 N–H and O–H groups in total. The van der Waals surface area contributed by atoms with E-state index in [2.05, 4.69) is 4.52 Å². The number of hydrogen-bond acceptors (Lipinski definition) is 6. The highest BCUT2D eigenvalue weighted by atomic mass is 31.2. The maximum atomic E-state index is 11.3. The van der Waals surface area contributed by atoms with Crippen LogP contribution < -0.4 is 0 Å². The van der Waals surface area contributed by atoms with Crippen molar-refractivity contribution in [1.29, 1.82) is 0 Å². The lowest BCUT2D eigenvalue weighted by Gasteiger charge is -2.33. The number of fused-ring (bicyclic) bond motifs is 2. The molecule has 0 radical (unpaired) electrons. The highest BCUT2D eigenvalue weighted by Crippen LogP contribution is 2.43. The van der Waals surface area contributed by atoms with Crippen LogP contribution in [-0.4, -0.2) is 50.4 Å². The van der Waals surface area contributed by atoms with Crippen molar-refractivity contribution in [3.63, 3.8) is 0 Å². The molecule has 17 heavy (non-hydrogen) atoms. The molecule has 0 amide bonds. The summed E-state index contributed by atoms with van der Waals surface area (Å²) >= 11 is 0. The van der Waals surface area contributed by atoms with Crippen molar-refractivity contribution in [2.75, 3.05) is 6.61 Å². The Morgan fingerprint density at radius 1 is 1.47 bits per heavy atom. The van der Waals surface area contributed by atoms with Gasteiger partial charge in [-0.2, -0.15) is 0 Å². The smallest absolute Gasteiger partial charge is 0.457 e. The third kappa shape index (κ3) is 2.52. The molecule has 0 unspecified atom stereocenters. The van der Waals surface area contributed by atoms with Crippen molar-refractivity contribution in [1.82, 2.24) is 0 Å². The summed E-state index contributed by atoms with van der Waals surface area (Å²) in [5.41, 5.74) is -1.67. The Balaban J connectivity index is 2.05. The molecule has 1 heterocycles. The fourth-order valence-corrected chi connectivity index (χ4v) is 2.66. The van der Waals surface area contributed by atoms with Crippen LogP contribution in [0.1, 0.15) is 12.8 Å². The minimum Gasteiger partial charge on any atom is -0.457 e. The van der Waals surface area contributed by atoms with Crippen LogP contribution in [0.25, 0.3) is 0 Å². The molecule has 98 valence electrons. The number of carbonyl (C=O) groups excluding carboxylic acids is 1. The second-order valence-electron chi connectivity index (χ2n) is 4.42. The summed E-state index contributed by atoms with van der Waals surface area (Å²) in [7, 11) is -4.63. The summed E-state index contributed by atoms with van der Waals surface area (Å²) in [6, 6.07) is 0. The highest BCUT2D eigenvalue weighted by molar-refractivity contribution is 7.46. The van der Waals surface area contributed by atoms with Crippen LogP contribution in [0.5, 0.6) is 0 Å². The molecular weight excluding hydrogens is 255 g/mol. The lowest BCUT2D eigenvalue weighted by molar-refractivity contribution is -0.154. The number of ether oxygens (including phenoxy) is 1. The number of phosphoric acid groups is 1. The minimum atomic E-state index is -4.63. The Hall–Kier alpha value is -0.500. The summed E-state index contributed by atoms with van der Waals surface area (Å²) in [6.07, 6.45) is -2.07. The second kappa shape index (κ2) is 4.01. The predicted molar refractivity (Wildman–Crippen MR) is 51.6 cm³/mol. The highest BCUT2D eigenvalue weighted by Gasteiger charge is 2.57. The average molecular weight is 268 g/mol. The second-order valence-corrected chi connectivity index (χ2v) is 5.66. The standard InChI is InChI=1S/C8H13O8P/c9-6-4(3-15-17(12,13)14)1-8(11)2-5(6)16-7(8)10/h4-6,9,11H,1-3H2,(H2,12,13,14)/t4-,5+,6+,8-/m0/s1. The number of phosphoric ester groups is 1. The van der Waals surface area contributed by atoms with Gasteiger partial charge in [0.1, 0.15) is 6.10 Å². The number of aliphatic hydroxyl groups is 2. The van der Waals surface area contributed by atoms with Gasteiger partial charge in [0.05, 0.1) is 12.7 Å². The van der Waals surface area contributed by atoms with Crippen LogP contribution in [0, 0.1) is 5.92 Å². The summed E-state index contributed by atoms with van der Waals surface area (Å²) < 4.78 is 19.6. The van der Waals surface area contributed by atoms with E-state index in [-0.39, 0.29) is 12.8 Å². The van der Waals surface area contributed by atoms with Gasteiger partial charge >= 0.3 is 13.8 Å². The molecule has 0 aromatic heterocycles. The Morgan fingerprint density at radius 3 is 2.71 bits per heavy atom. The molecule has 2 bridgehead atoms. The van der Waals surface area contributed by atoms with Gasteiger partial charge < -0.3 is 24.7 Å². The lowest BCUT2D eigenvalue weighted by Crippen LogP contribution is -2.47. The van der Waals surface area contributed by atoms with Gasteiger partial charge in [0.2, 0.25) is 0 Å². The third-order valence-corrected chi connectivity index (χ3v) is 3.58. The van der Waals surface area contributed by atoms with Crippen molar-refractivity contribution < 1.29 is 38.6 Å². The van der Waals surface area contributed by atoms with Crippen molar-refractivity contribution in [2.45, 2.75) is 30.7 Å². The molecule has 2 aliphatic rings. The van der Waals surface area contributed by atoms with Crippen molar-refractivity contribution in [2.24, 2.45) is 5.92 Å². The molecular formula is C8H13O8P. The van der Waals surface area contributed by atoms with Gasteiger partial charge in [0.25, 0.3) is 0 Å². The molecule has 1 saturated heterocycles. The molecule has 0 aromatic rings. The fraction of sp³-hybridized carbons (Fsp3) is 0.875. The fourth-order valence-electron chi connectivity index (χ4n) is 2.27. The van der Waals surface area contributed by atoms with Crippen molar-refractivity contribution >= 4 is 13.8 Å². The predicted octanol–water partition coefficient (Wildman–Crippen LogP) is -1.48. The number of hydrogen-bond donors (Lipinski definition) is 4. The van der Waals surface area contributed by atoms with Gasteiger partial charge in [-0.3, -0.25) is 4.52 Å².